The van der Waals surface area contributed by atoms with Crippen LogP contribution in [-0.4, -0.2) is 25.8 Å². The van der Waals surface area contributed by atoms with E-state index in [0.717, 1.165) is 5.71 Å². The van der Waals surface area contributed by atoms with Gasteiger partial charge in [0.2, 0.25) is 0 Å². The molecule has 0 aromatic heterocycles. The molecule has 1 aliphatic carbocycles. The maximum atomic E-state index is 11.9. The summed E-state index contributed by atoms with van der Waals surface area (Å²) in [5, 5.41) is 4.11. The third-order valence-electron chi connectivity index (χ3n) is 3.15. The molecule has 102 valence electrons. The summed E-state index contributed by atoms with van der Waals surface area (Å²) in [4.78, 5) is 11.9. The van der Waals surface area contributed by atoms with Gasteiger partial charge in [0.15, 0.2) is 11.5 Å². The van der Waals surface area contributed by atoms with Crippen molar-refractivity contribution in [3.8, 4) is 11.5 Å². The number of rotatable bonds is 5. The standard InChI is InChI=1S/C14H18N2O3/c1-9(10-4-5-10)15-16-14(17)11-6-7-12(18-2)13(8-11)19-3/h6-8,10H,4-5H2,1-3H3,(H,16,17). The molecule has 0 bridgehead atoms. The molecule has 1 saturated carbocycles. The van der Waals surface area contributed by atoms with Crippen LogP contribution in [0, 0.1) is 5.92 Å². The molecule has 1 fully saturated rings. The van der Waals surface area contributed by atoms with Crippen molar-refractivity contribution < 1.29 is 14.3 Å². The molecule has 1 amide bonds. The van der Waals surface area contributed by atoms with Crippen molar-refractivity contribution in [1.29, 1.82) is 0 Å². The molecule has 0 radical (unpaired) electrons. The summed E-state index contributed by atoms with van der Waals surface area (Å²) < 4.78 is 10.3. The van der Waals surface area contributed by atoms with E-state index in [1.807, 2.05) is 6.92 Å². The topological polar surface area (TPSA) is 59.9 Å². The zero-order valence-corrected chi connectivity index (χ0v) is 11.4. The fraction of sp³-hybridized carbons (Fsp3) is 0.429. The van der Waals surface area contributed by atoms with E-state index in [9.17, 15) is 4.79 Å². The van der Waals surface area contributed by atoms with Gasteiger partial charge in [-0.2, -0.15) is 5.10 Å². The molecule has 1 aromatic rings. The summed E-state index contributed by atoms with van der Waals surface area (Å²) in [7, 11) is 3.09. The predicted molar refractivity (Wildman–Crippen MR) is 72.8 cm³/mol. The predicted octanol–water partition coefficient (Wildman–Crippen LogP) is 2.22. The number of hydrogen-bond acceptors (Lipinski definition) is 4. The molecule has 1 N–H and O–H groups in total. The highest BCUT2D eigenvalue weighted by Crippen LogP contribution is 2.30. The summed E-state index contributed by atoms with van der Waals surface area (Å²) in [6.07, 6.45) is 2.34. The molecule has 0 saturated heterocycles. The van der Waals surface area contributed by atoms with E-state index in [0.29, 0.717) is 23.0 Å². The number of ether oxygens (including phenoxy) is 2. The van der Waals surface area contributed by atoms with Crippen LogP contribution in [0.2, 0.25) is 0 Å². The summed E-state index contributed by atoms with van der Waals surface area (Å²) >= 11 is 0. The molecule has 19 heavy (non-hydrogen) atoms. The first-order chi connectivity index (χ1) is 9.15. The number of nitrogens with zero attached hydrogens (tertiary/aromatic N) is 1. The molecule has 0 atom stereocenters. The minimum absolute atomic E-state index is 0.249. The lowest BCUT2D eigenvalue weighted by molar-refractivity contribution is 0.0954. The van der Waals surface area contributed by atoms with Crippen LogP contribution in [0.15, 0.2) is 23.3 Å². The van der Waals surface area contributed by atoms with Gasteiger partial charge in [-0.05, 0) is 43.9 Å². The number of nitrogens with one attached hydrogen (secondary N) is 1. The molecule has 5 nitrogen and oxygen atoms in total. The van der Waals surface area contributed by atoms with Gasteiger partial charge in [0, 0.05) is 11.3 Å². The van der Waals surface area contributed by atoms with E-state index in [1.165, 1.54) is 20.0 Å². The van der Waals surface area contributed by atoms with Crippen LogP contribution >= 0.6 is 0 Å². The minimum atomic E-state index is -0.249. The van der Waals surface area contributed by atoms with Gasteiger partial charge < -0.3 is 9.47 Å². The Balaban J connectivity index is 2.08. The first-order valence-electron chi connectivity index (χ1n) is 6.22. The third-order valence-corrected chi connectivity index (χ3v) is 3.15. The summed E-state index contributed by atoms with van der Waals surface area (Å²) in [6, 6.07) is 5.01. The number of carbonyl (C=O) groups is 1. The highest BCUT2D eigenvalue weighted by molar-refractivity contribution is 5.96. The molecule has 1 aliphatic rings. The van der Waals surface area contributed by atoms with E-state index in [1.54, 1.807) is 25.3 Å². The summed E-state index contributed by atoms with van der Waals surface area (Å²) in [5.41, 5.74) is 4.03. The Bertz CT molecular complexity index is 507. The van der Waals surface area contributed by atoms with Crippen molar-refractivity contribution in [3.63, 3.8) is 0 Å². The van der Waals surface area contributed by atoms with Crippen LogP contribution in [0.5, 0.6) is 11.5 Å². The lowest BCUT2D eigenvalue weighted by Gasteiger charge is -2.08. The van der Waals surface area contributed by atoms with Gasteiger partial charge in [-0.3, -0.25) is 4.79 Å². The Morgan fingerprint density at radius 2 is 1.95 bits per heavy atom. The van der Waals surface area contributed by atoms with E-state index in [4.69, 9.17) is 9.47 Å². The Labute approximate surface area is 112 Å². The number of benzene rings is 1. The SMILES string of the molecule is COc1ccc(C(=O)NN=C(C)C2CC2)cc1OC. The average molecular weight is 262 g/mol. The molecule has 0 heterocycles. The fourth-order valence-corrected chi connectivity index (χ4v) is 1.77. The fourth-order valence-electron chi connectivity index (χ4n) is 1.77. The lowest BCUT2D eigenvalue weighted by Crippen LogP contribution is -2.19. The summed E-state index contributed by atoms with van der Waals surface area (Å²) in [6.45, 7) is 1.94. The normalized spacial score (nSPS) is 15.0. The van der Waals surface area contributed by atoms with Crippen LogP contribution in [-0.2, 0) is 0 Å². The number of hydrazone groups is 1. The van der Waals surface area contributed by atoms with Gasteiger partial charge in [-0.25, -0.2) is 5.43 Å². The van der Waals surface area contributed by atoms with E-state index in [-0.39, 0.29) is 5.91 Å². The second-order valence-electron chi connectivity index (χ2n) is 4.54. The van der Waals surface area contributed by atoms with Gasteiger partial charge in [0.1, 0.15) is 0 Å². The van der Waals surface area contributed by atoms with Gasteiger partial charge in [0.25, 0.3) is 5.91 Å². The smallest absolute Gasteiger partial charge is 0.271 e. The van der Waals surface area contributed by atoms with Gasteiger partial charge in [-0.15, -0.1) is 0 Å². The first-order valence-corrected chi connectivity index (χ1v) is 6.22. The molecular formula is C14H18N2O3. The monoisotopic (exact) mass is 262 g/mol. The zero-order chi connectivity index (χ0) is 13.8. The van der Waals surface area contributed by atoms with Gasteiger partial charge in [-0.1, -0.05) is 0 Å². The van der Waals surface area contributed by atoms with E-state index >= 15 is 0 Å². The molecule has 5 heteroatoms. The third kappa shape index (κ3) is 3.24. The van der Waals surface area contributed by atoms with E-state index in [2.05, 4.69) is 10.5 Å². The molecule has 0 aliphatic heterocycles. The van der Waals surface area contributed by atoms with Crippen molar-refractivity contribution >= 4 is 11.6 Å². The first kappa shape index (κ1) is 13.4. The highest BCUT2D eigenvalue weighted by atomic mass is 16.5. The number of amides is 1. The Morgan fingerprint density at radius 3 is 2.53 bits per heavy atom. The maximum Gasteiger partial charge on any atom is 0.271 e. The average Bonchev–Trinajstić information content (AvgIpc) is 3.28. The van der Waals surface area contributed by atoms with Gasteiger partial charge in [0.05, 0.1) is 14.2 Å². The van der Waals surface area contributed by atoms with Crippen LogP contribution in [0.25, 0.3) is 0 Å². The molecule has 2 rings (SSSR count). The van der Waals surface area contributed by atoms with Crippen LogP contribution in [0.3, 0.4) is 0 Å². The Morgan fingerprint density at radius 1 is 1.26 bits per heavy atom. The van der Waals surface area contributed by atoms with Crippen LogP contribution < -0.4 is 14.9 Å². The van der Waals surface area contributed by atoms with Crippen LogP contribution in [0.4, 0.5) is 0 Å². The quantitative estimate of drug-likeness (QED) is 0.654. The van der Waals surface area contributed by atoms with Crippen molar-refractivity contribution in [3.05, 3.63) is 23.8 Å². The van der Waals surface area contributed by atoms with Crippen molar-refractivity contribution in [2.75, 3.05) is 14.2 Å². The van der Waals surface area contributed by atoms with Crippen LogP contribution in [0.1, 0.15) is 30.1 Å². The van der Waals surface area contributed by atoms with Crippen molar-refractivity contribution in [2.24, 2.45) is 11.0 Å². The second kappa shape index (κ2) is 5.73. The van der Waals surface area contributed by atoms with Crippen molar-refractivity contribution in [1.82, 2.24) is 5.43 Å². The maximum absolute atomic E-state index is 11.9. The lowest BCUT2D eigenvalue weighted by atomic mass is 10.2. The zero-order valence-electron chi connectivity index (χ0n) is 11.4. The second-order valence-corrected chi connectivity index (χ2v) is 4.54. The number of hydrogen-bond donors (Lipinski definition) is 1. The van der Waals surface area contributed by atoms with Gasteiger partial charge >= 0.3 is 0 Å². The molecule has 0 spiro atoms. The molecule has 1 aromatic carbocycles. The van der Waals surface area contributed by atoms with Crippen molar-refractivity contribution in [2.45, 2.75) is 19.8 Å². The number of carbonyl (C=O) groups excluding carboxylic acids is 1. The Hall–Kier alpha value is -2.04. The molecular weight excluding hydrogens is 244 g/mol. The highest BCUT2D eigenvalue weighted by Gasteiger charge is 2.24. The number of methoxy groups -OCH3 is 2. The largest absolute Gasteiger partial charge is 0.493 e. The van der Waals surface area contributed by atoms with E-state index < -0.39 is 0 Å². The Kier molecular flexibility index (Phi) is 4.04. The molecule has 0 unspecified atom stereocenters. The summed E-state index contributed by atoms with van der Waals surface area (Å²) in [5.74, 6) is 1.42. The minimum Gasteiger partial charge on any atom is -0.493 e.